The first-order valence-corrected chi connectivity index (χ1v) is 6.21. The van der Waals surface area contributed by atoms with Gasteiger partial charge in [-0.2, -0.15) is 5.10 Å². The lowest BCUT2D eigenvalue weighted by Gasteiger charge is -2.14. The van der Waals surface area contributed by atoms with Crippen molar-refractivity contribution < 1.29 is 4.79 Å². The lowest BCUT2D eigenvalue weighted by atomic mass is 10.3. The lowest BCUT2D eigenvalue weighted by molar-refractivity contribution is -0.120. The number of aromatic nitrogens is 2. The summed E-state index contributed by atoms with van der Waals surface area (Å²) >= 11 is 0. The van der Waals surface area contributed by atoms with Gasteiger partial charge in [-0.1, -0.05) is 0 Å². The van der Waals surface area contributed by atoms with Crippen molar-refractivity contribution in [3.8, 4) is 0 Å². The molecule has 0 aromatic carbocycles. The summed E-state index contributed by atoms with van der Waals surface area (Å²) in [5.74, 6) is 0.870. The summed E-state index contributed by atoms with van der Waals surface area (Å²) < 4.78 is 1.82. The SMILES string of the molecule is CC(Cn1cccn1)NC(=O)CNCC1CC1.Cl.Cl. The number of nitrogens with zero attached hydrogens (tertiary/aromatic N) is 2. The lowest BCUT2D eigenvalue weighted by Crippen LogP contribution is -2.41. The molecule has 1 aromatic rings. The van der Waals surface area contributed by atoms with Gasteiger partial charge in [0.05, 0.1) is 13.1 Å². The third-order valence-electron chi connectivity index (χ3n) is 2.84. The molecule has 0 bridgehead atoms. The molecule has 1 heterocycles. The summed E-state index contributed by atoms with van der Waals surface area (Å²) in [5.41, 5.74) is 0. The van der Waals surface area contributed by atoms with Gasteiger partial charge in [-0.05, 0) is 38.3 Å². The van der Waals surface area contributed by atoms with Gasteiger partial charge in [0.1, 0.15) is 0 Å². The molecule has 1 aromatic heterocycles. The van der Waals surface area contributed by atoms with Crippen molar-refractivity contribution in [2.24, 2.45) is 5.92 Å². The number of carbonyl (C=O) groups excluding carboxylic acids is 1. The molecular formula is C12H22Cl2N4O. The molecule has 19 heavy (non-hydrogen) atoms. The Kier molecular flexibility index (Phi) is 8.80. The molecule has 1 unspecified atom stereocenters. The molecule has 0 spiro atoms. The summed E-state index contributed by atoms with van der Waals surface area (Å²) in [6.07, 6.45) is 6.26. The van der Waals surface area contributed by atoms with Gasteiger partial charge >= 0.3 is 0 Å². The van der Waals surface area contributed by atoms with E-state index in [0.717, 1.165) is 12.5 Å². The minimum atomic E-state index is 0. The Morgan fingerprint density at radius 3 is 2.79 bits per heavy atom. The Bertz CT molecular complexity index is 355. The maximum atomic E-state index is 11.6. The number of nitrogens with one attached hydrogen (secondary N) is 2. The summed E-state index contributed by atoms with van der Waals surface area (Å²) in [6.45, 7) is 4.09. The normalized spacial score (nSPS) is 15.0. The van der Waals surface area contributed by atoms with E-state index in [1.165, 1.54) is 12.8 Å². The predicted octanol–water partition coefficient (Wildman–Crippen LogP) is 1.23. The molecule has 2 rings (SSSR count). The molecule has 1 amide bonds. The van der Waals surface area contributed by atoms with Crippen LogP contribution in [-0.2, 0) is 11.3 Å². The first-order valence-electron chi connectivity index (χ1n) is 6.21. The van der Waals surface area contributed by atoms with Gasteiger partial charge in [-0.25, -0.2) is 0 Å². The molecule has 0 radical (unpaired) electrons. The number of hydrogen-bond donors (Lipinski definition) is 2. The van der Waals surface area contributed by atoms with E-state index in [9.17, 15) is 4.79 Å². The molecule has 1 fully saturated rings. The van der Waals surface area contributed by atoms with Crippen molar-refractivity contribution in [3.63, 3.8) is 0 Å². The van der Waals surface area contributed by atoms with E-state index in [4.69, 9.17) is 0 Å². The second-order valence-corrected chi connectivity index (χ2v) is 4.77. The van der Waals surface area contributed by atoms with Crippen LogP contribution in [0.5, 0.6) is 0 Å². The van der Waals surface area contributed by atoms with Crippen molar-refractivity contribution in [2.75, 3.05) is 13.1 Å². The average Bonchev–Trinajstić information content (AvgIpc) is 2.95. The average molecular weight is 309 g/mol. The Morgan fingerprint density at radius 1 is 1.47 bits per heavy atom. The Morgan fingerprint density at radius 2 is 2.21 bits per heavy atom. The Labute approximate surface area is 126 Å². The van der Waals surface area contributed by atoms with Crippen molar-refractivity contribution in [2.45, 2.75) is 32.4 Å². The zero-order chi connectivity index (χ0) is 12.1. The molecule has 1 atom stereocenters. The number of halogens is 2. The zero-order valence-corrected chi connectivity index (χ0v) is 12.7. The minimum Gasteiger partial charge on any atom is -0.351 e. The van der Waals surface area contributed by atoms with E-state index >= 15 is 0 Å². The fraction of sp³-hybridized carbons (Fsp3) is 0.667. The van der Waals surface area contributed by atoms with Crippen molar-refractivity contribution in [1.82, 2.24) is 20.4 Å². The topological polar surface area (TPSA) is 59.0 Å². The maximum Gasteiger partial charge on any atom is 0.234 e. The number of hydrogen-bond acceptors (Lipinski definition) is 3. The Hall–Kier alpha value is -0.780. The molecule has 0 aliphatic heterocycles. The van der Waals surface area contributed by atoms with Crippen LogP contribution in [0.15, 0.2) is 18.5 Å². The van der Waals surface area contributed by atoms with E-state index in [-0.39, 0.29) is 36.8 Å². The van der Waals surface area contributed by atoms with Crippen LogP contribution in [0.1, 0.15) is 19.8 Å². The highest BCUT2D eigenvalue weighted by atomic mass is 35.5. The van der Waals surface area contributed by atoms with Gasteiger partial charge in [0.15, 0.2) is 0 Å². The fourth-order valence-corrected chi connectivity index (χ4v) is 1.77. The molecule has 110 valence electrons. The standard InChI is InChI=1S/C12H20N4O.2ClH/c1-10(9-16-6-2-5-14-16)15-12(17)8-13-7-11-3-4-11;;/h2,5-6,10-11,13H,3-4,7-9H2,1H3,(H,15,17);2*1H. The second-order valence-electron chi connectivity index (χ2n) is 4.77. The smallest absolute Gasteiger partial charge is 0.234 e. The van der Waals surface area contributed by atoms with E-state index in [1.807, 2.05) is 23.9 Å². The highest BCUT2D eigenvalue weighted by Gasteiger charge is 2.20. The fourth-order valence-electron chi connectivity index (χ4n) is 1.77. The van der Waals surface area contributed by atoms with Crippen molar-refractivity contribution in [3.05, 3.63) is 18.5 Å². The first kappa shape index (κ1) is 18.2. The predicted molar refractivity (Wildman–Crippen MR) is 79.9 cm³/mol. The third kappa shape index (κ3) is 7.40. The molecule has 5 nitrogen and oxygen atoms in total. The van der Waals surface area contributed by atoms with Crippen molar-refractivity contribution >= 4 is 30.7 Å². The van der Waals surface area contributed by atoms with Crippen LogP contribution in [0.2, 0.25) is 0 Å². The number of amides is 1. The van der Waals surface area contributed by atoms with E-state index < -0.39 is 0 Å². The number of rotatable bonds is 7. The summed E-state index contributed by atoms with van der Waals surface area (Å²) in [4.78, 5) is 11.6. The molecule has 1 aliphatic rings. The summed E-state index contributed by atoms with van der Waals surface area (Å²) in [7, 11) is 0. The van der Waals surface area contributed by atoms with Crippen LogP contribution in [0.25, 0.3) is 0 Å². The van der Waals surface area contributed by atoms with Gasteiger partial charge in [0.2, 0.25) is 5.91 Å². The van der Waals surface area contributed by atoms with Gasteiger partial charge in [-0.3, -0.25) is 9.48 Å². The van der Waals surface area contributed by atoms with E-state index in [1.54, 1.807) is 6.20 Å². The zero-order valence-electron chi connectivity index (χ0n) is 11.0. The van der Waals surface area contributed by atoms with Crippen LogP contribution in [0.3, 0.4) is 0 Å². The van der Waals surface area contributed by atoms with Crippen LogP contribution in [0.4, 0.5) is 0 Å². The van der Waals surface area contributed by atoms with Crippen LogP contribution >= 0.6 is 24.8 Å². The van der Waals surface area contributed by atoms with Crippen LogP contribution < -0.4 is 10.6 Å². The first-order chi connectivity index (χ1) is 8.24. The van der Waals surface area contributed by atoms with E-state index in [2.05, 4.69) is 15.7 Å². The minimum absolute atomic E-state index is 0. The molecule has 2 N–H and O–H groups in total. The number of carbonyl (C=O) groups is 1. The summed E-state index contributed by atoms with van der Waals surface area (Å²) in [6, 6.07) is 1.98. The molecule has 7 heteroatoms. The van der Waals surface area contributed by atoms with Crippen LogP contribution in [0, 0.1) is 5.92 Å². The van der Waals surface area contributed by atoms with Gasteiger partial charge in [0, 0.05) is 18.4 Å². The highest BCUT2D eigenvalue weighted by Crippen LogP contribution is 2.27. The van der Waals surface area contributed by atoms with Gasteiger partial charge in [0.25, 0.3) is 0 Å². The maximum absolute atomic E-state index is 11.6. The van der Waals surface area contributed by atoms with Gasteiger partial charge < -0.3 is 10.6 Å². The second kappa shape index (κ2) is 9.18. The Balaban J connectivity index is 0.00000162. The van der Waals surface area contributed by atoms with Crippen LogP contribution in [-0.4, -0.2) is 34.8 Å². The monoisotopic (exact) mass is 308 g/mol. The quantitative estimate of drug-likeness (QED) is 0.796. The molecule has 1 aliphatic carbocycles. The molecule has 0 saturated heterocycles. The highest BCUT2D eigenvalue weighted by molar-refractivity contribution is 5.85. The summed E-state index contributed by atoms with van der Waals surface area (Å²) in [5, 5.41) is 10.2. The van der Waals surface area contributed by atoms with Gasteiger partial charge in [-0.15, -0.1) is 24.8 Å². The third-order valence-corrected chi connectivity index (χ3v) is 2.84. The van der Waals surface area contributed by atoms with Crippen molar-refractivity contribution in [1.29, 1.82) is 0 Å². The largest absolute Gasteiger partial charge is 0.351 e. The van der Waals surface area contributed by atoms with E-state index in [0.29, 0.717) is 13.1 Å². The molecule has 1 saturated carbocycles. The molecular weight excluding hydrogens is 287 g/mol.